The van der Waals surface area contributed by atoms with E-state index >= 15 is 0 Å². The number of aromatic nitrogens is 1. The Labute approximate surface area is 188 Å². The van der Waals surface area contributed by atoms with Gasteiger partial charge in [-0.25, -0.2) is 4.79 Å². The van der Waals surface area contributed by atoms with E-state index in [2.05, 4.69) is 5.16 Å². The molecule has 3 aromatic rings. The molecule has 0 fully saturated rings. The lowest BCUT2D eigenvalue weighted by Gasteiger charge is -2.17. The van der Waals surface area contributed by atoms with E-state index in [9.17, 15) is 9.59 Å². The van der Waals surface area contributed by atoms with Crippen LogP contribution >= 0.6 is 23.2 Å². The number of amides is 1. The Kier molecular flexibility index (Phi) is 6.84. The number of nitrogens with zero attached hydrogens (tertiary/aromatic N) is 1. The molecular weight excluding hydrogens is 445 g/mol. The monoisotopic (exact) mass is 463 g/mol. The molecule has 4 N–H and O–H groups in total. The molecule has 0 bridgehead atoms. The highest BCUT2D eigenvalue weighted by Gasteiger charge is 2.28. The van der Waals surface area contributed by atoms with E-state index in [0.29, 0.717) is 11.1 Å². The minimum absolute atomic E-state index is 0.0373. The first-order valence-electron chi connectivity index (χ1n) is 9.08. The fourth-order valence-electron chi connectivity index (χ4n) is 3.07. The van der Waals surface area contributed by atoms with Gasteiger partial charge < -0.3 is 25.5 Å². The molecule has 0 saturated heterocycles. The number of hydrogen-bond donors (Lipinski definition) is 2. The van der Waals surface area contributed by atoms with Crippen molar-refractivity contribution in [3.8, 4) is 22.8 Å². The first-order valence-corrected chi connectivity index (χ1v) is 9.83. The Morgan fingerprint density at radius 3 is 2.42 bits per heavy atom. The zero-order valence-electron chi connectivity index (χ0n) is 16.6. The largest absolute Gasteiger partial charge is 0.493 e. The Balaban J connectivity index is 2.06. The number of benzene rings is 2. The lowest BCUT2D eigenvalue weighted by atomic mass is 10.0. The summed E-state index contributed by atoms with van der Waals surface area (Å²) in [4.78, 5) is 24.5. The number of carbonyl (C=O) groups is 2. The first kappa shape index (κ1) is 22.6. The normalized spacial score (nSPS) is 11.8. The Morgan fingerprint density at radius 1 is 1.16 bits per heavy atom. The second-order valence-corrected chi connectivity index (χ2v) is 7.42. The Bertz CT molecular complexity index is 1130. The molecule has 0 aliphatic heterocycles. The molecule has 0 radical (unpaired) electrons. The average Bonchev–Trinajstić information content (AvgIpc) is 3.08. The second kappa shape index (κ2) is 9.38. The van der Waals surface area contributed by atoms with E-state index in [1.807, 2.05) is 0 Å². The van der Waals surface area contributed by atoms with E-state index in [0.717, 1.165) is 0 Å². The third kappa shape index (κ3) is 4.66. The zero-order chi connectivity index (χ0) is 22.7. The van der Waals surface area contributed by atoms with E-state index in [1.54, 1.807) is 43.3 Å². The summed E-state index contributed by atoms with van der Waals surface area (Å²) in [5.74, 6) is -0.883. The molecule has 162 valence electrons. The van der Waals surface area contributed by atoms with Crippen molar-refractivity contribution in [3.05, 3.63) is 63.3 Å². The van der Waals surface area contributed by atoms with E-state index < -0.39 is 17.9 Å². The predicted molar refractivity (Wildman–Crippen MR) is 115 cm³/mol. The van der Waals surface area contributed by atoms with E-state index in [4.69, 9.17) is 48.7 Å². The van der Waals surface area contributed by atoms with Crippen LogP contribution in [0.3, 0.4) is 0 Å². The molecule has 1 unspecified atom stereocenters. The topological polar surface area (TPSA) is 131 Å². The number of hydrogen-bond acceptors (Lipinski definition) is 7. The van der Waals surface area contributed by atoms with Gasteiger partial charge in [0.1, 0.15) is 17.0 Å². The Morgan fingerprint density at radius 2 is 1.81 bits per heavy atom. The third-order valence-corrected chi connectivity index (χ3v) is 5.14. The molecule has 2 aromatic carbocycles. The number of nitrogens with two attached hydrogens (primary N) is 2. The first-order chi connectivity index (χ1) is 14.7. The van der Waals surface area contributed by atoms with Crippen LogP contribution in [0.25, 0.3) is 11.3 Å². The summed E-state index contributed by atoms with van der Waals surface area (Å²) in [7, 11) is 1.41. The number of halogens is 2. The summed E-state index contributed by atoms with van der Waals surface area (Å²) in [6.07, 6.45) is -0.148. The van der Waals surface area contributed by atoms with Gasteiger partial charge in [-0.1, -0.05) is 46.6 Å². The van der Waals surface area contributed by atoms with Crippen LogP contribution in [0.1, 0.15) is 34.1 Å². The number of esters is 1. The van der Waals surface area contributed by atoms with Crippen molar-refractivity contribution in [1.29, 1.82) is 0 Å². The van der Waals surface area contributed by atoms with Crippen molar-refractivity contribution >= 4 is 35.1 Å². The lowest BCUT2D eigenvalue weighted by Crippen LogP contribution is -2.22. The van der Waals surface area contributed by atoms with Crippen LogP contribution in [-0.4, -0.2) is 24.1 Å². The summed E-state index contributed by atoms with van der Waals surface area (Å²) in [6.45, 7) is 1.56. The highest BCUT2D eigenvalue weighted by Crippen LogP contribution is 2.39. The number of rotatable bonds is 7. The van der Waals surface area contributed by atoms with E-state index in [1.165, 1.54) is 7.11 Å². The van der Waals surface area contributed by atoms with Gasteiger partial charge in [-0.15, -0.1) is 0 Å². The van der Waals surface area contributed by atoms with Gasteiger partial charge in [0, 0.05) is 23.6 Å². The molecule has 0 spiro atoms. The number of primary amides is 1. The van der Waals surface area contributed by atoms with Crippen LogP contribution in [0.15, 0.2) is 40.9 Å². The zero-order valence-corrected chi connectivity index (χ0v) is 18.2. The minimum Gasteiger partial charge on any atom is -0.493 e. The number of methoxy groups -OCH3 is 1. The standard InChI is InChI=1S/C21H19Cl2N3O5/c1-10-17(19(26-31-10)18-12(22)6-4-7-13(18)23)21(28)30-20-11(14(24)9-16(25)27)5-3-8-15(20)29-2/h3-8,14H,9,24H2,1-2H3,(H2,25,27). The molecule has 1 aromatic heterocycles. The molecule has 0 aliphatic carbocycles. The van der Waals surface area contributed by atoms with Crippen molar-refractivity contribution in [3.63, 3.8) is 0 Å². The van der Waals surface area contributed by atoms with Gasteiger partial charge in [0.25, 0.3) is 0 Å². The highest BCUT2D eigenvalue weighted by atomic mass is 35.5. The molecule has 8 nitrogen and oxygen atoms in total. The summed E-state index contributed by atoms with van der Waals surface area (Å²) in [5, 5.41) is 4.52. The van der Waals surface area contributed by atoms with Crippen molar-refractivity contribution in [2.75, 3.05) is 7.11 Å². The maximum absolute atomic E-state index is 13.2. The molecule has 1 heterocycles. The van der Waals surface area contributed by atoms with Crippen LogP contribution in [0, 0.1) is 6.92 Å². The number of ether oxygens (including phenoxy) is 2. The maximum atomic E-state index is 13.2. The quantitative estimate of drug-likeness (QED) is 0.398. The smallest absolute Gasteiger partial charge is 0.349 e. The van der Waals surface area contributed by atoms with Gasteiger partial charge in [-0.3, -0.25) is 4.79 Å². The van der Waals surface area contributed by atoms with Gasteiger partial charge in [-0.05, 0) is 25.1 Å². The van der Waals surface area contributed by atoms with Crippen LogP contribution in [0.4, 0.5) is 0 Å². The summed E-state index contributed by atoms with van der Waals surface area (Å²) in [5.41, 5.74) is 12.2. The van der Waals surface area contributed by atoms with E-state index in [-0.39, 0.29) is 45.0 Å². The molecular formula is C21H19Cl2N3O5. The Hall–Kier alpha value is -3.07. The maximum Gasteiger partial charge on any atom is 0.349 e. The molecule has 1 atom stereocenters. The molecule has 10 heteroatoms. The number of carbonyl (C=O) groups excluding carboxylic acids is 2. The molecule has 0 aliphatic rings. The van der Waals surface area contributed by atoms with Crippen molar-refractivity contribution < 1.29 is 23.6 Å². The van der Waals surface area contributed by atoms with Gasteiger partial charge in [-0.2, -0.15) is 0 Å². The van der Waals surface area contributed by atoms with Crippen molar-refractivity contribution in [2.24, 2.45) is 11.5 Å². The lowest BCUT2D eigenvalue weighted by molar-refractivity contribution is -0.118. The summed E-state index contributed by atoms with van der Waals surface area (Å²) in [6, 6.07) is 8.95. The summed E-state index contributed by atoms with van der Waals surface area (Å²) < 4.78 is 16.2. The van der Waals surface area contributed by atoms with Crippen LogP contribution in [-0.2, 0) is 4.79 Å². The highest BCUT2D eigenvalue weighted by molar-refractivity contribution is 6.39. The van der Waals surface area contributed by atoms with Crippen LogP contribution in [0.5, 0.6) is 11.5 Å². The fourth-order valence-corrected chi connectivity index (χ4v) is 3.65. The average molecular weight is 464 g/mol. The third-order valence-electron chi connectivity index (χ3n) is 4.51. The number of para-hydroxylation sites is 1. The molecule has 1 amide bonds. The van der Waals surface area contributed by atoms with Gasteiger partial charge in [0.05, 0.1) is 17.2 Å². The molecule has 3 rings (SSSR count). The fraction of sp³-hybridized carbons (Fsp3) is 0.190. The second-order valence-electron chi connectivity index (χ2n) is 6.60. The minimum atomic E-state index is -0.809. The van der Waals surface area contributed by atoms with Gasteiger partial charge >= 0.3 is 5.97 Å². The van der Waals surface area contributed by atoms with Crippen LogP contribution in [0.2, 0.25) is 10.0 Å². The number of aryl methyl sites for hydroxylation is 1. The van der Waals surface area contributed by atoms with Crippen LogP contribution < -0.4 is 20.9 Å². The predicted octanol–water partition coefficient (Wildman–Crippen LogP) is 4.06. The van der Waals surface area contributed by atoms with Crippen molar-refractivity contribution in [2.45, 2.75) is 19.4 Å². The molecule has 31 heavy (non-hydrogen) atoms. The van der Waals surface area contributed by atoms with Gasteiger partial charge in [0.2, 0.25) is 5.91 Å². The molecule has 0 saturated carbocycles. The van der Waals surface area contributed by atoms with Crippen molar-refractivity contribution in [1.82, 2.24) is 5.16 Å². The SMILES string of the molecule is COc1cccc(C(N)CC(N)=O)c1OC(=O)c1c(-c2c(Cl)cccc2Cl)noc1C. The van der Waals surface area contributed by atoms with Gasteiger partial charge in [0.15, 0.2) is 11.5 Å². The summed E-state index contributed by atoms with van der Waals surface area (Å²) >= 11 is 12.5.